The van der Waals surface area contributed by atoms with E-state index in [2.05, 4.69) is 0 Å². The number of aliphatic hydroxyl groups excluding tert-OH is 5. The average molecular weight is 372 g/mol. The average Bonchev–Trinajstić information content (AvgIpc) is 3.17. The number of rotatable bonds is 15. The van der Waals surface area contributed by atoms with Crippen LogP contribution in [0.2, 0.25) is 0 Å². The highest BCUT2D eigenvalue weighted by Gasteiger charge is 2.19. The molecule has 0 aliphatic carbocycles. The summed E-state index contributed by atoms with van der Waals surface area (Å²) in [7, 11) is 0. The molecule has 0 aliphatic heterocycles. The van der Waals surface area contributed by atoms with E-state index in [1.165, 1.54) is 12.3 Å². The first-order chi connectivity index (χ1) is 12.4. The number of ketones is 1. The molecule has 5 N–H and O–H groups in total. The van der Waals surface area contributed by atoms with Gasteiger partial charge in [-0.1, -0.05) is 12.8 Å². The van der Waals surface area contributed by atoms with Crippen LogP contribution in [0.3, 0.4) is 0 Å². The summed E-state index contributed by atoms with van der Waals surface area (Å²) >= 11 is 0. The second kappa shape index (κ2) is 13.0. The largest absolute Gasteiger partial charge is 0.461 e. The molecule has 26 heavy (non-hydrogen) atoms. The first-order valence-electron chi connectivity index (χ1n) is 9.34. The molecule has 0 bridgehead atoms. The lowest BCUT2D eigenvalue weighted by molar-refractivity contribution is 0.0641. The normalized spacial score (nSPS) is 16.2. The summed E-state index contributed by atoms with van der Waals surface area (Å²) in [6.45, 7) is -0.298. The topological polar surface area (TPSA) is 131 Å². The van der Waals surface area contributed by atoms with E-state index in [-0.39, 0.29) is 12.4 Å². The van der Waals surface area contributed by atoms with Crippen molar-refractivity contribution in [2.24, 2.45) is 0 Å². The number of unbranched alkanes of at least 4 members (excludes halogenated alkanes) is 1. The fraction of sp³-hybridized carbons (Fsp3) is 0.737. The molecule has 0 saturated heterocycles. The molecule has 0 radical (unpaired) electrons. The smallest absolute Gasteiger partial charge is 0.226 e. The van der Waals surface area contributed by atoms with Gasteiger partial charge in [0.15, 0.2) is 5.76 Å². The maximum Gasteiger partial charge on any atom is 0.226 e. The van der Waals surface area contributed by atoms with Crippen LogP contribution in [0.5, 0.6) is 0 Å². The number of aliphatic hydroxyl groups is 5. The molecule has 0 aliphatic rings. The second-order valence-corrected chi connectivity index (χ2v) is 6.79. The van der Waals surface area contributed by atoms with Crippen LogP contribution in [-0.2, 0) is 0 Å². The molecule has 7 nitrogen and oxygen atoms in total. The van der Waals surface area contributed by atoms with Crippen LogP contribution in [0.4, 0.5) is 0 Å². The third-order valence-corrected chi connectivity index (χ3v) is 4.45. The van der Waals surface area contributed by atoms with E-state index in [0.717, 1.165) is 0 Å². The third-order valence-electron chi connectivity index (χ3n) is 4.45. The van der Waals surface area contributed by atoms with Crippen LogP contribution in [0, 0.1) is 0 Å². The molecule has 1 rings (SSSR count). The minimum atomic E-state index is -1.08. The van der Waals surface area contributed by atoms with E-state index in [9.17, 15) is 25.2 Å². The highest BCUT2D eigenvalue weighted by molar-refractivity contribution is 5.96. The summed E-state index contributed by atoms with van der Waals surface area (Å²) in [6.07, 6.45) is 3.36. The Morgan fingerprint density at radius 3 is 2.04 bits per heavy atom. The van der Waals surface area contributed by atoms with Crippen LogP contribution in [0.15, 0.2) is 22.8 Å². The van der Waals surface area contributed by atoms with E-state index >= 15 is 0 Å². The van der Waals surface area contributed by atoms with Gasteiger partial charge in [0.25, 0.3) is 0 Å². The van der Waals surface area contributed by atoms with Gasteiger partial charge in [-0.3, -0.25) is 4.79 Å². The lowest BCUT2D eigenvalue weighted by Crippen LogP contribution is -2.20. The fourth-order valence-electron chi connectivity index (χ4n) is 2.79. The van der Waals surface area contributed by atoms with Gasteiger partial charge in [0.2, 0.25) is 5.78 Å². The summed E-state index contributed by atoms with van der Waals surface area (Å²) in [6, 6.07) is 3.12. The van der Waals surface area contributed by atoms with E-state index in [1.807, 2.05) is 0 Å². The molecular formula is C19H32O7. The molecular weight excluding hydrogens is 340 g/mol. The van der Waals surface area contributed by atoms with Crippen molar-refractivity contribution < 1.29 is 34.7 Å². The van der Waals surface area contributed by atoms with Gasteiger partial charge in [-0.2, -0.15) is 0 Å². The number of carbonyl (C=O) groups excluding carboxylic acids is 1. The standard InChI is InChI=1S/C19H32O7/c20-13-16(23)11-10-15(22)7-3-6-14(21)5-1-2-8-17(24)19(25)18-9-4-12-26-18/h4,9,12,14-17,20-24H,1-3,5-8,10-11,13H2. The molecule has 4 unspecified atom stereocenters. The van der Waals surface area contributed by atoms with Crippen LogP contribution in [0.25, 0.3) is 0 Å². The molecule has 0 aromatic carbocycles. The quantitative estimate of drug-likeness (QED) is 0.232. The molecule has 1 aromatic heterocycles. The van der Waals surface area contributed by atoms with Gasteiger partial charge in [0.05, 0.1) is 31.2 Å². The van der Waals surface area contributed by atoms with Gasteiger partial charge < -0.3 is 29.9 Å². The van der Waals surface area contributed by atoms with E-state index in [4.69, 9.17) is 9.52 Å². The van der Waals surface area contributed by atoms with Crippen molar-refractivity contribution in [3.8, 4) is 0 Å². The second-order valence-electron chi connectivity index (χ2n) is 6.79. The zero-order chi connectivity index (χ0) is 19.4. The van der Waals surface area contributed by atoms with Gasteiger partial charge in [-0.25, -0.2) is 0 Å². The number of carbonyl (C=O) groups is 1. The van der Waals surface area contributed by atoms with Gasteiger partial charge in [0, 0.05) is 0 Å². The Kier molecular flexibility index (Phi) is 11.4. The molecule has 1 heterocycles. The summed E-state index contributed by atoms with van der Waals surface area (Å²) < 4.78 is 4.97. The number of hydrogen-bond donors (Lipinski definition) is 5. The summed E-state index contributed by atoms with van der Waals surface area (Å²) in [5.41, 5.74) is 0. The zero-order valence-corrected chi connectivity index (χ0v) is 15.2. The number of hydrogen-bond acceptors (Lipinski definition) is 7. The summed E-state index contributed by atoms with van der Waals surface area (Å²) in [4.78, 5) is 11.8. The van der Waals surface area contributed by atoms with Crippen LogP contribution in [-0.4, -0.2) is 62.3 Å². The molecule has 1 aromatic rings. The Hall–Kier alpha value is -1.25. The van der Waals surface area contributed by atoms with E-state index in [1.54, 1.807) is 6.07 Å². The van der Waals surface area contributed by atoms with Crippen LogP contribution >= 0.6 is 0 Å². The Bertz CT molecular complexity index is 474. The van der Waals surface area contributed by atoms with Crippen LogP contribution in [0.1, 0.15) is 68.3 Å². The van der Waals surface area contributed by atoms with E-state index < -0.39 is 30.2 Å². The van der Waals surface area contributed by atoms with Crippen molar-refractivity contribution in [1.29, 1.82) is 0 Å². The van der Waals surface area contributed by atoms with Gasteiger partial charge in [-0.15, -0.1) is 0 Å². The highest BCUT2D eigenvalue weighted by Crippen LogP contribution is 2.15. The predicted octanol–water partition coefficient (Wildman–Crippen LogP) is 1.41. The van der Waals surface area contributed by atoms with Crippen molar-refractivity contribution in [3.05, 3.63) is 24.2 Å². The van der Waals surface area contributed by atoms with Crippen molar-refractivity contribution in [2.75, 3.05) is 6.61 Å². The van der Waals surface area contributed by atoms with Crippen molar-refractivity contribution in [2.45, 2.75) is 82.2 Å². The van der Waals surface area contributed by atoms with Crippen molar-refractivity contribution in [1.82, 2.24) is 0 Å². The van der Waals surface area contributed by atoms with Crippen molar-refractivity contribution in [3.63, 3.8) is 0 Å². The Morgan fingerprint density at radius 2 is 1.42 bits per heavy atom. The minimum absolute atomic E-state index is 0.155. The summed E-state index contributed by atoms with van der Waals surface area (Å²) in [5, 5.41) is 47.5. The monoisotopic (exact) mass is 372 g/mol. The van der Waals surface area contributed by atoms with Gasteiger partial charge >= 0.3 is 0 Å². The van der Waals surface area contributed by atoms with Gasteiger partial charge in [-0.05, 0) is 57.1 Å². The minimum Gasteiger partial charge on any atom is -0.461 e. The first kappa shape index (κ1) is 22.8. The molecule has 0 spiro atoms. The molecule has 150 valence electrons. The SMILES string of the molecule is O=C(c1ccco1)C(O)CCCCC(O)CCCC(O)CCC(O)CO. The highest BCUT2D eigenvalue weighted by atomic mass is 16.3. The zero-order valence-electron chi connectivity index (χ0n) is 15.2. The molecule has 0 fully saturated rings. The number of Topliss-reactive ketones (excluding diaryl/α,β-unsaturated/α-hetero) is 1. The Balaban J connectivity index is 2.04. The molecule has 0 saturated carbocycles. The molecule has 4 atom stereocenters. The third kappa shape index (κ3) is 9.45. The summed E-state index contributed by atoms with van der Waals surface area (Å²) in [5.74, 6) is -0.265. The van der Waals surface area contributed by atoms with Gasteiger partial charge in [0.1, 0.15) is 6.10 Å². The molecule has 7 heteroatoms. The number of furan rings is 1. The maximum atomic E-state index is 11.8. The first-order valence-corrected chi connectivity index (χ1v) is 9.34. The maximum absolute atomic E-state index is 11.8. The van der Waals surface area contributed by atoms with Crippen molar-refractivity contribution >= 4 is 5.78 Å². The Labute approximate surface area is 154 Å². The van der Waals surface area contributed by atoms with Crippen LogP contribution < -0.4 is 0 Å². The van der Waals surface area contributed by atoms with E-state index in [0.29, 0.717) is 57.8 Å². The fourth-order valence-corrected chi connectivity index (χ4v) is 2.79. The lowest BCUT2D eigenvalue weighted by atomic mass is 10.00. The Morgan fingerprint density at radius 1 is 0.846 bits per heavy atom. The predicted molar refractivity (Wildman–Crippen MR) is 95.7 cm³/mol. The lowest BCUT2D eigenvalue weighted by Gasteiger charge is -2.14. The molecule has 0 amide bonds.